The summed E-state index contributed by atoms with van der Waals surface area (Å²) in [7, 11) is 1.59. The Hall–Kier alpha value is -1.74. The highest BCUT2D eigenvalue weighted by Gasteiger charge is 2.15. The van der Waals surface area contributed by atoms with Crippen molar-refractivity contribution in [1.82, 2.24) is 0 Å². The smallest absolute Gasteiger partial charge is 0.164 e. The van der Waals surface area contributed by atoms with E-state index in [1.807, 2.05) is 18.2 Å². The van der Waals surface area contributed by atoms with E-state index in [4.69, 9.17) is 4.74 Å². The number of methoxy groups -OCH3 is 1. The summed E-state index contributed by atoms with van der Waals surface area (Å²) >= 11 is 1.61. The lowest BCUT2D eigenvalue weighted by atomic mass is 10.1. The van der Waals surface area contributed by atoms with Crippen LogP contribution in [-0.4, -0.2) is 12.9 Å². The van der Waals surface area contributed by atoms with E-state index in [1.165, 1.54) is 16.0 Å². The quantitative estimate of drug-likeness (QED) is 0.764. The van der Waals surface area contributed by atoms with Gasteiger partial charge in [0.05, 0.1) is 12.7 Å². The number of aryl methyl sites for hydroxylation is 2. The van der Waals surface area contributed by atoms with Gasteiger partial charge in [-0.25, -0.2) is 0 Å². The van der Waals surface area contributed by atoms with E-state index in [2.05, 4.69) is 32.0 Å². The number of hydrogen-bond donors (Lipinski definition) is 0. The van der Waals surface area contributed by atoms with Gasteiger partial charge in [-0.05, 0) is 50.1 Å². The zero-order valence-corrected chi connectivity index (χ0v) is 13.0. The summed E-state index contributed by atoms with van der Waals surface area (Å²) in [6.45, 7) is 5.72. The molecular weight excluding hydrogens is 268 g/mol. The monoisotopic (exact) mass is 286 g/mol. The third-order valence-corrected chi connectivity index (χ3v) is 4.34. The van der Waals surface area contributed by atoms with Gasteiger partial charge >= 0.3 is 0 Å². The molecule has 0 atom stereocenters. The number of carbonyl (C=O) groups is 1. The lowest BCUT2D eigenvalue weighted by Gasteiger charge is -2.12. The van der Waals surface area contributed by atoms with Crippen LogP contribution in [0.15, 0.2) is 46.2 Å². The highest BCUT2D eigenvalue weighted by Crippen LogP contribution is 2.36. The molecule has 0 heterocycles. The molecule has 3 heteroatoms. The lowest BCUT2D eigenvalue weighted by molar-refractivity contribution is 0.101. The van der Waals surface area contributed by atoms with Crippen LogP contribution in [0.25, 0.3) is 0 Å². The van der Waals surface area contributed by atoms with Crippen molar-refractivity contribution in [3.63, 3.8) is 0 Å². The highest BCUT2D eigenvalue weighted by molar-refractivity contribution is 7.99. The topological polar surface area (TPSA) is 26.3 Å². The normalized spacial score (nSPS) is 10.4. The third-order valence-electron chi connectivity index (χ3n) is 3.12. The zero-order valence-electron chi connectivity index (χ0n) is 12.2. The minimum Gasteiger partial charge on any atom is -0.496 e. The Kier molecular flexibility index (Phi) is 4.50. The Morgan fingerprint density at radius 3 is 2.50 bits per heavy atom. The van der Waals surface area contributed by atoms with E-state index < -0.39 is 0 Å². The van der Waals surface area contributed by atoms with Crippen LogP contribution in [0.1, 0.15) is 28.4 Å². The van der Waals surface area contributed by atoms with E-state index in [-0.39, 0.29) is 5.78 Å². The molecular formula is C17H18O2S. The fourth-order valence-electron chi connectivity index (χ4n) is 2.05. The van der Waals surface area contributed by atoms with Crippen molar-refractivity contribution in [2.75, 3.05) is 7.11 Å². The first-order valence-corrected chi connectivity index (χ1v) is 7.27. The summed E-state index contributed by atoms with van der Waals surface area (Å²) in [4.78, 5) is 14.0. The zero-order chi connectivity index (χ0) is 14.7. The maximum absolute atomic E-state index is 11.9. The second-order valence-corrected chi connectivity index (χ2v) is 5.84. The van der Waals surface area contributed by atoms with Gasteiger partial charge in [-0.1, -0.05) is 30.0 Å². The number of hydrogen-bond acceptors (Lipinski definition) is 3. The van der Waals surface area contributed by atoms with Crippen LogP contribution in [0.4, 0.5) is 0 Å². The average molecular weight is 286 g/mol. The van der Waals surface area contributed by atoms with Crippen molar-refractivity contribution in [3.8, 4) is 5.75 Å². The Labute approximate surface area is 124 Å². The van der Waals surface area contributed by atoms with E-state index in [0.717, 1.165) is 4.90 Å². The predicted molar refractivity (Wildman–Crippen MR) is 83.0 cm³/mol. The molecule has 2 nitrogen and oxygen atoms in total. The van der Waals surface area contributed by atoms with Gasteiger partial charge in [0, 0.05) is 9.79 Å². The summed E-state index contributed by atoms with van der Waals surface area (Å²) < 4.78 is 5.30. The van der Waals surface area contributed by atoms with Crippen LogP contribution in [0.3, 0.4) is 0 Å². The molecule has 0 radical (unpaired) electrons. The van der Waals surface area contributed by atoms with Crippen LogP contribution in [-0.2, 0) is 0 Å². The van der Waals surface area contributed by atoms with E-state index in [1.54, 1.807) is 25.8 Å². The first kappa shape index (κ1) is 14.7. The molecule has 0 fully saturated rings. The number of Topliss-reactive ketones (excluding diaryl/α,β-unsaturated/α-hetero) is 1. The molecule has 0 aliphatic carbocycles. The Bertz CT molecular complexity index is 647. The number of ketones is 1. The number of benzene rings is 2. The molecule has 0 N–H and O–H groups in total. The summed E-state index contributed by atoms with van der Waals surface area (Å²) in [5.41, 5.74) is 3.07. The van der Waals surface area contributed by atoms with Crippen LogP contribution >= 0.6 is 11.8 Å². The molecule has 2 aromatic rings. The molecule has 0 bridgehead atoms. The van der Waals surface area contributed by atoms with Crippen LogP contribution < -0.4 is 4.74 Å². The van der Waals surface area contributed by atoms with Crippen molar-refractivity contribution < 1.29 is 9.53 Å². The molecule has 2 aromatic carbocycles. The number of carbonyl (C=O) groups excluding carboxylic acids is 1. The molecule has 0 aromatic heterocycles. The molecule has 0 aliphatic heterocycles. The van der Waals surface area contributed by atoms with Crippen LogP contribution in [0, 0.1) is 13.8 Å². The Morgan fingerprint density at radius 2 is 1.85 bits per heavy atom. The molecule has 20 heavy (non-hydrogen) atoms. The van der Waals surface area contributed by atoms with Crippen molar-refractivity contribution >= 4 is 17.5 Å². The molecule has 0 unspecified atom stereocenters. The predicted octanol–water partition coefficient (Wildman–Crippen LogP) is 4.67. The molecule has 0 amide bonds. The number of ether oxygens (including phenoxy) is 1. The maximum atomic E-state index is 11.9. The van der Waals surface area contributed by atoms with Crippen LogP contribution in [0.2, 0.25) is 0 Å². The largest absolute Gasteiger partial charge is 0.496 e. The summed E-state index contributed by atoms with van der Waals surface area (Å²) in [5, 5.41) is 0. The molecule has 0 saturated carbocycles. The molecule has 2 rings (SSSR count). The van der Waals surface area contributed by atoms with E-state index in [9.17, 15) is 4.79 Å². The highest BCUT2D eigenvalue weighted by atomic mass is 32.2. The van der Waals surface area contributed by atoms with Gasteiger partial charge in [-0.3, -0.25) is 4.79 Å². The molecule has 0 aliphatic rings. The first-order chi connectivity index (χ1) is 9.52. The van der Waals surface area contributed by atoms with Gasteiger partial charge < -0.3 is 4.74 Å². The third kappa shape index (κ3) is 3.05. The summed E-state index contributed by atoms with van der Waals surface area (Å²) in [6.07, 6.45) is 0. The van der Waals surface area contributed by atoms with Crippen LogP contribution in [0.5, 0.6) is 5.75 Å². The van der Waals surface area contributed by atoms with E-state index >= 15 is 0 Å². The van der Waals surface area contributed by atoms with Gasteiger partial charge in [0.15, 0.2) is 5.78 Å². The minimum atomic E-state index is 0.0234. The van der Waals surface area contributed by atoms with Gasteiger partial charge in [-0.2, -0.15) is 0 Å². The van der Waals surface area contributed by atoms with Gasteiger partial charge in [0.25, 0.3) is 0 Å². The van der Waals surface area contributed by atoms with Crippen molar-refractivity contribution in [3.05, 3.63) is 53.1 Å². The fraction of sp³-hybridized carbons (Fsp3) is 0.235. The second kappa shape index (κ2) is 6.14. The SMILES string of the molecule is COc1cccc(Sc2cc(C)ccc2C)c1C(C)=O. The first-order valence-electron chi connectivity index (χ1n) is 6.46. The fourth-order valence-corrected chi connectivity index (χ4v) is 3.25. The Balaban J connectivity index is 2.48. The standard InChI is InChI=1S/C17H18O2S/c1-11-8-9-12(2)16(10-11)20-15-7-5-6-14(19-4)17(15)13(3)18/h5-10H,1-4H3. The van der Waals surface area contributed by atoms with Crippen molar-refractivity contribution in [2.45, 2.75) is 30.6 Å². The van der Waals surface area contributed by atoms with E-state index in [0.29, 0.717) is 11.3 Å². The van der Waals surface area contributed by atoms with Gasteiger partial charge in [-0.15, -0.1) is 0 Å². The maximum Gasteiger partial charge on any atom is 0.164 e. The Morgan fingerprint density at radius 1 is 1.10 bits per heavy atom. The second-order valence-electron chi connectivity index (χ2n) is 4.76. The number of rotatable bonds is 4. The molecule has 104 valence electrons. The molecule has 0 spiro atoms. The average Bonchev–Trinajstić information content (AvgIpc) is 2.42. The lowest BCUT2D eigenvalue weighted by Crippen LogP contribution is -2.00. The van der Waals surface area contributed by atoms with Gasteiger partial charge in [0.1, 0.15) is 5.75 Å². The molecule has 0 saturated heterocycles. The van der Waals surface area contributed by atoms with Gasteiger partial charge in [0.2, 0.25) is 0 Å². The van der Waals surface area contributed by atoms with Crippen molar-refractivity contribution in [1.29, 1.82) is 0 Å². The minimum absolute atomic E-state index is 0.0234. The van der Waals surface area contributed by atoms with Crippen molar-refractivity contribution in [2.24, 2.45) is 0 Å². The summed E-state index contributed by atoms with van der Waals surface area (Å²) in [5.74, 6) is 0.656. The summed E-state index contributed by atoms with van der Waals surface area (Å²) in [6, 6.07) is 12.0.